The highest BCUT2D eigenvalue weighted by molar-refractivity contribution is 7.13. The van der Waals surface area contributed by atoms with Gasteiger partial charge in [0.05, 0.1) is 12.1 Å². The van der Waals surface area contributed by atoms with E-state index in [9.17, 15) is 4.79 Å². The molecule has 0 saturated heterocycles. The molecule has 0 atom stereocenters. The molecule has 3 rings (SSSR count). The number of aromatic nitrogens is 1. The van der Waals surface area contributed by atoms with Gasteiger partial charge in [-0.05, 0) is 43.0 Å². The van der Waals surface area contributed by atoms with E-state index >= 15 is 0 Å². The van der Waals surface area contributed by atoms with Crippen molar-refractivity contribution in [1.82, 2.24) is 4.98 Å². The van der Waals surface area contributed by atoms with E-state index in [1.54, 1.807) is 11.3 Å². The highest BCUT2D eigenvalue weighted by Gasteiger charge is 2.10. The molecule has 0 saturated carbocycles. The number of anilines is 1. The first kappa shape index (κ1) is 17.4. The lowest BCUT2D eigenvalue weighted by atomic mass is 10.1. The van der Waals surface area contributed by atoms with E-state index in [1.165, 1.54) is 5.56 Å². The Hall–Kier alpha value is -2.46. The minimum absolute atomic E-state index is 0.0353. The van der Waals surface area contributed by atoms with Gasteiger partial charge in [-0.1, -0.05) is 43.3 Å². The number of carbonyl (C=O) groups is 1. The van der Waals surface area contributed by atoms with Gasteiger partial charge in [0.25, 0.3) is 0 Å². The maximum absolute atomic E-state index is 12.3. The van der Waals surface area contributed by atoms with Gasteiger partial charge in [-0.15, -0.1) is 11.3 Å². The fourth-order valence-electron chi connectivity index (χ4n) is 2.63. The Kier molecular flexibility index (Phi) is 5.29. The van der Waals surface area contributed by atoms with Crippen LogP contribution in [0.4, 0.5) is 5.69 Å². The van der Waals surface area contributed by atoms with Crippen LogP contribution in [-0.4, -0.2) is 10.9 Å². The molecule has 1 heterocycles. The molecule has 0 aliphatic carbocycles. The van der Waals surface area contributed by atoms with Crippen molar-refractivity contribution in [3.8, 4) is 10.6 Å². The van der Waals surface area contributed by atoms with Gasteiger partial charge in [0, 0.05) is 16.6 Å². The van der Waals surface area contributed by atoms with Crippen LogP contribution in [0.2, 0.25) is 0 Å². The standard InChI is InChI=1S/C21H22N2OS/c1-4-16-7-9-17(10-8-16)21-22-18(13-25-21)12-20(24)23-19-11-14(2)5-6-15(19)3/h5-11,13H,4,12H2,1-3H3,(H,23,24). The minimum Gasteiger partial charge on any atom is -0.325 e. The molecule has 4 heteroatoms. The maximum atomic E-state index is 12.3. The monoisotopic (exact) mass is 350 g/mol. The summed E-state index contributed by atoms with van der Waals surface area (Å²) in [5.74, 6) is -0.0353. The van der Waals surface area contributed by atoms with Gasteiger partial charge in [0.1, 0.15) is 5.01 Å². The number of aryl methyl sites for hydroxylation is 3. The van der Waals surface area contributed by atoms with E-state index in [-0.39, 0.29) is 12.3 Å². The van der Waals surface area contributed by atoms with Crippen LogP contribution < -0.4 is 5.32 Å². The van der Waals surface area contributed by atoms with Gasteiger partial charge < -0.3 is 5.32 Å². The van der Waals surface area contributed by atoms with E-state index < -0.39 is 0 Å². The molecule has 0 aliphatic rings. The summed E-state index contributed by atoms with van der Waals surface area (Å²) in [4.78, 5) is 16.9. The lowest BCUT2D eigenvalue weighted by Crippen LogP contribution is -2.15. The number of nitrogens with one attached hydrogen (secondary N) is 1. The van der Waals surface area contributed by atoms with Crippen LogP contribution in [0.1, 0.15) is 29.3 Å². The highest BCUT2D eigenvalue weighted by Crippen LogP contribution is 2.25. The van der Waals surface area contributed by atoms with E-state index in [1.807, 2.05) is 37.4 Å². The first-order valence-corrected chi connectivity index (χ1v) is 9.34. The molecule has 0 unspecified atom stereocenters. The van der Waals surface area contributed by atoms with Crippen LogP contribution in [0.5, 0.6) is 0 Å². The number of thiazole rings is 1. The topological polar surface area (TPSA) is 42.0 Å². The minimum atomic E-state index is -0.0353. The Morgan fingerprint density at radius 1 is 1.12 bits per heavy atom. The first-order valence-electron chi connectivity index (χ1n) is 8.46. The van der Waals surface area contributed by atoms with Crippen molar-refractivity contribution >= 4 is 22.9 Å². The fraction of sp³-hybridized carbons (Fsp3) is 0.238. The molecular weight excluding hydrogens is 328 g/mol. The largest absolute Gasteiger partial charge is 0.325 e. The zero-order chi connectivity index (χ0) is 17.8. The SMILES string of the molecule is CCc1ccc(-c2nc(CC(=O)Nc3cc(C)ccc3C)cs2)cc1. The zero-order valence-electron chi connectivity index (χ0n) is 14.8. The summed E-state index contributed by atoms with van der Waals surface area (Å²) >= 11 is 1.58. The Morgan fingerprint density at radius 2 is 1.88 bits per heavy atom. The molecule has 128 valence electrons. The van der Waals surface area contributed by atoms with Crippen molar-refractivity contribution in [2.24, 2.45) is 0 Å². The second-order valence-corrected chi connectivity index (χ2v) is 7.10. The summed E-state index contributed by atoms with van der Waals surface area (Å²) in [5.41, 5.74) is 6.29. The summed E-state index contributed by atoms with van der Waals surface area (Å²) in [7, 11) is 0. The van der Waals surface area contributed by atoms with Gasteiger partial charge in [-0.2, -0.15) is 0 Å². The number of hydrogen-bond acceptors (Lipinski definition) is 3. The number of hydrogen-bond donors (Lipinski definition) is 1. The van der Waals surface area contributed by atoms with Crippen molar-refractivity contribution in [2.45, 2.75) is 33.6 Å². The summed E-state index contributed by atoms with van der Waals surface area (Å²) in [5, 5.41) is 5.91. The molecule has 25 heavy (non-hydrogen) atoms. The van der Waals surface area contributed by atoms with Crippen LogP contribution >= 0.6 is 11.3 Å². The molecule has 2 aromatic carbocycles. The Balaban J connectivity index is 1.68. The molecule has 0 radical (unpaired) electrons. The van der Waals surface area contributed by atoms with Gasteiger partial charge in [0.2, 0.25) is 5.91 Å². The molecule has 1 aromatic heterocycles. The second-order valence-electron chi connectivity index (χ2n) is 6.24. The van der Waals surface area contributed by atoms with Crippen molar-refractivity contribution < 1.29 is 4.79 Å². The first-order chi connectivity index (χ1) is 12.0. The number of nitrogens with zero attached hydrogens (tertiary/aromatic N) is 1. The quantitative estimate of drug-likeness (QED) is 0.690. The number of amides is 1. The van der Waals surface area contributed by atoms with E-state index in [4.69, 9.17) is 0 Å². The highest BCUT2D eigenvalue weighted by atomic mass is 32.1. The molecule has 0 fully saturated rings. The number of carbonyl (C=O) groups excluding carboxylic acids is 1. The average Bonchev–Trinajstić information content (AvgIpc) is 3.06. The van der Waals surface area contributed by atoms with Crippen LogP contribution in [0, 0.1) is 13.8 Å². The third kappa shape index (κ3) is 4.34. The van der Waals surface area contributed by atoms with E-state index in [2.05, 4.69) is 41.5 Å². The van der Waals surface area contributed by atoms with Crippen LogP contribution in [-0.2, 0) is 17.6 Å². The lowest BCUT2D eigenvalue weighted by Gasteiger charge is -2.08. The fourth-order valence-corrected chi connectivity index (χ4v) is 3.46. The smallest absolute Gasteiger partial charge is 0.230 e. The van der Waals surface area contributed by atoms with Crippen molar-refractivity contribution in [2.75, 3.05) is 5.32 Å². The predicted molar refractivity (Wildman–Crippen MR) is 105 cm³/mol. The van der Waals surface area contributed by atoms with E-state index in [0.29, 0.717) is 0 Å². The summed E-state index contributed by atoms with van der Waals surface area (Å²) in [6, 6.07) is 14.5. The third-order valence-electron chi connectivity index (χ3n) is 4.17. The van der Waals surface area contributed by atoms with Gasteiger partial charge >= 0.3 is 0 Å². The van der Waals surface area contributed by atoms with Crippen LogP contribution in [0.25, 0.3) is 10.6 Å². The van der Waals surface area contributed by atoms with Crippen LogP contribution in [0.3, 0.4) is 0 Å². The van der Waals surface area contributed by atoms with Gasteiger partial charge in [-0.25, -0.2) is 4.98 Å². The summed E-state index contributed by atoms with van der Waals surface area (Å²) in [6.07, 6.45) is 1.32. The Labute approximate surface area is 152 Å². The summed E-state index contributed by atoms with van der Waals surface area (Å²) in [6.45, 7) is 6.16. The molecule has 0 bridgehead atoms. The molecule has 0 spiro atoms. The van der Waals surface area contributed by atoms with Gasteiger partial charge in [0.15, 0.2) is 0 Å². The predicted octanol–water partition coefficient (Wildman–Crippen LogP) is 5.17. The Bertz CT molecular complexity index is 881. The molecule has 1 N–H and O–H groups in total. The number of rotatable bonds is 5. The molecule has 3 aromatic rings. The lowest BCUT2D eigenvalue weighted by molar-refractivity contribution is -0.115. The van der Waals surface area contributed by atoms with Crippen LogP contribution in [0.15, 0.2) is 47.8 Å². The third-order valence-corrected chi connectivity index (χ3v) is 5.11. The zero-order valence-corrected chi connectivity index (χ0v) is 15.6. The van der Waals surface area contributed by atoms with Crippen molar-refractivity contribution in [3.05, 3.63) is 70.2 Å². The maximum Gasteiger partial charge on any atom is 0.230 e. The molecular formula is C21H22N2OS. The molecule has 0 aliphatic heterocycles. The average molecular weight is 350 g/mol. The number of benzene rings is 2. The second kappa shape index (κ2) is 7.62. The van der Waals surface area contributed by atoms with Crippen molar-refractivity contribution in [3.63, 3.8) is 0 Å². The molecule has 1 amide bonds. The Morgan fingerprint density at radius 3 is 2.60 bits per heavy atom. The normalized spacial score (nSPS) is 10.7. The van der Waals surface area contributed by atoms with E-state index in [0.717, 1.165) is 39.5 Å². The summed E-state index contributed by atoms with van der Waals surface area (Å²) < 4.78 is 0. The molecule has 3 nitrogen and oxygen atoms in total. The van der Waals surface area contributed by atoms with Gasteiger partial charge in [-0.3, -0.25) is 4.79 Å². The van der Waals surface area contributed by atoms with Crippen molar-refractivity contribution in [1.29, 1.82) is 0 Å².